The van der Waals surface area contributed by atoms with Gasteiger partial charge in [-0.25, -0.2) is 0 Å². The number of carboxylic acids is 1. The molecule has 2 amide bonds. The van der Waals surface area contributed by atoms with Crippen molar-refractivity contribution in [2.45, 2.75) is 90.5 Å². The lowest BCUT2D eigenvalue weighted by atomic mass is 9.98. The summed E-state index contributed by atoms with van der Waals surface area (Å²) in [7, 11) is 0. The summed E-state index contributed by atoms with van der Waals surface area (Å²) in [6.07, 6.45) is -1.05. The number of ether oxygens (including phenoxy) is 2. The van der Waals surface area contributed by atoms with Gasteiger partial charge in [0.2, 0.25) is 6.29 Å². The van der Waals surface area contributed by atoms with Crippen LogP contribution in [0, 0.1) is 13.8 Å². The molecule has 54 heavy (non-hydrogen) atoms. The number of aromatic amines is 2. The van der Waals surface area contributed by atoms with E-state index in [1.54, 1.807) is 32.1 Å². The van der Waals surface area contributed by atoms with Crippen molar-refractivity contribution in [3.8, 4) is 0 Å². The van der Waals surface area contributed by atoms with E-state index in [4.69, 9.17) is 9.47 Å². The van der Waals surface area contributed by atoms with Crippen molar-refractivity contribution in [1.29, 1.82) is 0 Å². The smallest absolute Gasteiger partial charge is 0.308 e. The molecule has 9 N–H and O–H groups in total. The fraction of sp³-hybridized carbons (Fsp3) is 0.385. The molecular weight excluding hydrogens is 700 g/mol. The summed E-state index contributed by atoms with van der Waals surface area (Å²) in [5.74, 6) is -2.28. The van der Waals surface area contributed by atoms with Crippen LogP contribution in [0.25, 0.3) is 12.2 Å². The molecule has 288 valence electrons. The van der Waals surface area contributed by atoms with Gasteiger partial charge in [-0.2, -0.15) is 0 Å². The fourth-order valence-electron chi connectivity index (χ4n) is 6.96. The number of esters is 1. The standard InChI is InChI=1S/C39H46N4O11/c1-7-21-20(6)37(51)43-28(21)14-26-18(4)23(9-11-32(45)46)29(41-26)15-30-24(19(5)25(40-30)13-27-17(3)22(8-2)38(52)42-27)10-12-33(47)54-39-36(50)35(49)34(48)31(16-44)53-39/h7-8,13-14,31,34-36,39-41,44,48-50H,1-2,9-12,15-16H2,3-6H3,(H,42,52)(H,43,51)(H,45,46)/b27-13-,28-14-/t31-,34-,35+,36-,39+/m1/s1. The van der Waals surface area contributed by atoms with Crippen LogP contribution in [0.4, 0.5) is 0 Å². The number of aliphatic hydroxyl groups is 4. The first-order chi connectivity index (χ1) is 25.6. The van der Waals surface area contributed by atoms with Crippen molar-refractivity contribution in [3.63, 3.8) is 0 Å². The Bertz CT molecular complexity index is 2030. The minimum Gasteiger partial charge on any atom is -0.481 e. The van der Waals surface area contributed by atoms with Gasteiger partial charge in [-0.1, -0.05) is 25.3 Å². The molecule has 2 aromatic rings. The van der Waals surface area contributed by atoms with Crippen LogP contribution >= 0.6 is 0 Å². The lowest BCUT2D eigenvalue weighted by Crippen LogP contribution is -2.59. The summed E-state index contributed by atoms with van der Waals surface area (Å²) in [5.41, 5.74) is 9.18. The van der Waals surface area contributed by atoms with Crippen LogP contribution in [-0.4, -0.2) is 96.6 Å². The normalized spacial score (nSPS) is 24.4. The van der Waals surface area contributed by atoms with E-state index < -0.39 is 49.3 Å². The van der Waals surface area contributed by atoms with Gasteiger partial charge in [0.15, 0.2) is 0 Å². The van der Waals surface area contributed by atoms with Crippen LogP contribution in [0.1, 0.15) is 71.7 Å². The monoisotopic (exact) mass is 746 g/mol. The maximum absolute atomic E-state index is 13.1. The van der Waals surface area contributed by atoms with Gasteiger partial charge in [0, 0.05) is 64.5 Å². The van der Waals surface area contributed by atoms with Crippen LogP contribution in [0.5, 0.6) is 0 Å². The number of aliphatic hydroxyl groups excluding tert-OH is 4. The summed E-state index contributed by atoms with van der Waals surface area (Å²) in [5, 5.41) is 55.4. The third-order valence-corrected chi connectivity index (χ3v) is 10.2. The molecule has 5 rings (SSSR count). The largest absolute Gasteiger partial charge is 0.481 e. The topological polar surface area (TPSA) is 244 Å². The van der Waals surface area contributed by atoms with Crippen LogP contribution in [0.2, 0.25) is 0 Å². The number of hydrogen-bond donors (Lipinski definition) is 9. The molecule has 3 aliphatic rings. The lowest BCUT2D eigenvalue weighted by Gasteiger charge is -2.39. The van der Waals surface area contributed by atoms with E-state index in [2.05, 4.69) is 33.8 Å². The highest BCUT2D eigenvalue weighted by Crippen LogP contribution is 2.32. The van der Waals surface area contributed by atoms with Crippen molar-refractivity contribution >= 4 is 35.9 Å². The molecule has 0 saturated carbocycles. The van der Waals surface area contributed by atoms with Crippen LogP contribution < -0.4 is 10.6 Å². The van der Waals surface area contributed by atoms with E-state index >= 15 is 0 Å². The Hall–Kier alpha value is -5.32. The number of aliphatic carboxylic acids is 1. The zero-order valence-electron chi connectivity index (χ0n) is 30.5. The Balaban J connectivity index is 1.51. The molecule has 0 aromatic carbocycles. The molecule has 15 heteroatoms. The summed E-state index contributed by atoms with van der Waals surface area (Å²) in [6, 6.07) is 0. The van der Waals surface area contributed by atoms with Crippen molar-refractivity contribution in [2.75, 3.05) is 6.61 Å². The Kier molecular flexibility index (Phi) is 12.1. The molecule has 5 heterocycles. The molecule has 0 unspecified atom stereocenters. The second-order valence-electron chi connectivity index (χ2n) is 13.5. The first-order valence-electron chi connectivity index (χ1n) is 17.5. The number of allylic oxidation sites excluding steroid dienone is 2. The Morgan fingerprint density at radius 3 is 1.87 bits per heavy atom. The van der Waals surface area contributed by atoms with Crippen LogP contribution in [0.15, 0.2) is 59.0 Å². The minimum atomic E-state index is -1.75. The van der Waals surface area contributed by atoms with Crippen molar-refractivity contribution in [1.82, 2.24) is 20.6 Å². The number of aromatic nitrogens is 2. The minimum absolute atomic E-state index is 0.135. The average Bonchev–Trinajstić information content (AvgIpc) is 3.78. The second-order valence-corrected chi connectivity index (χ2v) is 13.5. The van der Waals surface area contributed by atoms with Crippen molar-refractivity contribution in [3.05, 3.63) is 104 Å². The van der Waals surface area contributed by atoms with Gasteiger partial charge in [-0.3, -0.25) is 19.2 Å². The second kappa shape index (κ2) is 16.4. The molecule has 0 bridgehead atoms. The van der Waals surface area contributed by atoms with Gasteiger partial charge in [-0.15, -0.1) is 0 Å². The van der Waals surface area contributed by atoms with Crippen molar-refractivity contribution < 1.29 is 54.2 Å². The van der Waals surface area contributed by atoms with E-state index in [1.807, 2.05) is 13.8 Å². The fourth-order valence-corrected chi connectivity index (χ4v) is 6.96. The van der Waals surface area contributed by atoms with Gasteiger partial charge in [-0.05, 0) is 80.5 Å². The summed E-state index contributed by atoms with van der Waals surface area (Å²) in [4.78, 5) is 56.7. The predicted molar refractivity (Wildman–Crippen MR) is 196 cm³/mol. The predicted octanol–water partition coefficient (Wildman–Crippen LogP) is 1.79. The molecular formula is C39H46N4O11. The third kappa shape index (κ3) is 7.95. The average molecular weight is 747 g/mol. The molecule has 15 nitrogen and oxygen atoms in total. The number of carbonyl (C=O) groups excluding carboxylic acids is 3. The van der Waals surface area contributed by atoms with Gasteiger partial charge in [0.05, 0.1) is 12.3 Å². The highest BCUT2D eigenvalue weighted by atomic mass is 16.7. The SMILES string of the molecule is C=CC1=C(C)/C(=C/c2[nH]c(Cc3[nH]c(/C=C4\NC(=O)C(C)=C4C=C)c(C)c3CCC(=O)O)c(CCC(=O)O[C@@H]3O[C@H](CO)[C@@H](O)[C@H](O)[C@H]3O)c2C)NC1=O. The number of H-pyrrole nitrogens is 2. The lowest BCUT2D eigenvalue weighted by molar-refractivity contribution is -0.292. The molecule has 3 aliphatic heterocycles. The van der Waals surface area contributed by atoms with Gasteiger partial charge >= 0.3 is 11.9 Å². The Labute approximate surface area is 311 Å². The summed E-state index contributed by atoms with van der Waals surface area (Å²) < 4.78 is 10.7. The highest BCUT2D eigenvalue weighted by Gasteiger charge is 2.45. The third-order valence-electron chi connectivity index (χ3n) is 10.2. The van der Waals surface area contributed by atoms with Gasteiger partial charge in [0.1, 0.15) is 24.4 Å². The first kappa shape index (κ1) is 39.9. The van der Waals surface area contributed by atoms with E-state index in [0.717, 1.165) is 22.3 Å². The van der Waals surface area contributed by atoms with Crippen LogP contribution in [-0.2, 0) is 47.9 Å². The van der Waals surface area contributed by atoms with E-state index in [1.165, 1.54) is 6.08 Å². The number of carbonyl (C=O) groups is 4. The van der Waals surface area contributed by atoms with Crippen LogP contribution in [0.3, 0.4) is 0 Å². The van der Waals surface area contributed by atoms with Gasteiger partial charge in [0.25, 0.3) is 11.8 Å². The molecule has 2 aromatic heterocycles. The van der Waals surface area contributed by atoms with E-state index in [-0.39, 0.29) is 43.9 Å². The number of hydrogen-bond acceptors (Lipinski definition) is 10. The quantitative estimate of drug-likeness (QED) is 0.126. The maximum atomic E-state index is 13.1. The Morgan fingerprint density at radius 2 is 1.33 bits per heavy atom. The zero-order chi connectivity index (χ0) is 39.6. The molecule has 5 atom stereocenters. The molecule has 0 aliphatic carbocycles. The number of amides is 2. The van der Waals surface area contributed by atoms with Gasteiger partial charge < -0.3 is 55.6 Å². The number of nitrogens with one attached hydrogen (secondary N) is 4. The van der Waals surface area contributed by atoms with Crippen molar-refractivity contribution in [2.24, 2.45) is 0 Å². The molecule has 1 fully saturated rings. The summed E-state index contributed by atoms with van der Waals surface area (Å²) >= 11 is 0. The number of rotatable bonds is 14. The molecule has 0 spiro atoms. The van der Waals surface area contributed by atoms with E-state index in [0.29, 0.717) is 56.5 Å². The molecule has 1 saturated heterocycles. The highest BCUT2D eigenvalue weighted by molar-refractivity contribution is 6.03. The first-order valence-corrected chi connectivity index (χ1v) is 17.5. The Morgan fingerprint density at radius 1 is 0.778 bits per heavy atom. The summed E-state index contributed by atoms with van der Waals surface area (Å²) in [6.45, 7) is 14.1. The maximum Gasteiger partial charge on any atom is 0.308 e. The zero-order valence-corrected chi connectivity index (χ0v) is 30.5. The number of carboxylic acid groups (broad SMARTS) is 1. The molecule has 0 radical (unpaired) electrons. The van der Waals surface area contributed by atoms with E-state index in [9.17, 15) is 44.7 Å².